The van der Waals surface area contributed by atoms with Crippen LogP contribution >= 0.6 is 23.1 Å². The summed E-state index contributed by atoms with van der Waals surface area (Å²) in [5.74, 6) is 1.54. The molecular formula is C20H17N5O3S2. The number of nitrogens with one attached hydrogen (secondary N) is 1. The molecule has 0 aliphatic carbocycles. The van der Waals surface area contributed by atoms with Crippen LogP contribution in [0.15, 0.2) is 45.6 Å². The SMILES string of the molecule is N#Cc1ccc(NC(=O)C2CSCN2C(=O)CCc2nc(-c3ccsc3)no2)cc1. The number of thioether (sulfide) groups is 1. The first kappa shape index (κ1) is 20.1. The monoisotopic (exact) mass is 439 g/mol. The summed E-state index contributed by atoms with van der Waals surface area (Å²) >= 11 is 3.09. The number of thiophene rings is 1. The van der Waals surface area contributed by atoms with Gasteiger partial charge in [-0.3, -0.25) is 9.59 Å². The molecule has 2 amide bonds. The van der Waals surface area contributed by atoms with Crippen molar-refractivity contribution in [1.29, 1.82) is 5.26 Å². The standard InChI is InChI=1S/C20H17N5O3S2/c21-9-13-1-3-15(4-2-13)22-20(27)16-11-30-12-25(16)18(26)6-5-17-23-19(24-28-17)14-7-8-29-10-14/h1-4,7-8,10,16H,5-6,11-12H2,(H,22,27). The van der Waals surface area contributed by atoms with E-state index in [1.54, 1.807) is 40.5 Å². The molecule has 0 spiro atoms. The molecule has 0 saturated carbocycles. The summed E-state index contributed by atoms with van der Waals surface area (Å²) in [6, 6.07) is 10.0. The highest BCUT2D eigenvalue weighted by molar-refractivity contribution is 7.99. The Balaban J connectivity index is 1.33. The van der Waals surface area contributed by atoms with Crippen molar-refractivity contribution in [3.8, 4) is 17.5 Å². The van der Waals surface area contributed by atoms with Crippen LogP contribution in [0.25, 0.3) is 11.4 Å². The molecule has 152 valence electrons. The molecule has 10 heteroatoms. The van der Waals surface area contributed by atoms with Gasteiger partial charge < -0.3 is 14.7 Å². The molecule has 1 aromatic carbocycles. The number of amides is 2. The Morgan fingerprint density at radius 3 is 2.87 bits per heavy atom. The Hall–Kier alpha value is -3.16. The van der Waals surface area contributed by atoms with E-state index in [0.29, 0.717) is 41.0 Å². The lowest BCUT2D eigenvalue weighted by Crippen LogP contribution is -2.44. The molecule has 1 N–H and O–H groups in total. The van der Waals surface area contributed by atoms with Crippen molar-refractivity contribution < 1.29 is 14.1 Å². The van der Waals surface area contributed by atoms with Gasteiger partial charge in [0.1, 0.15) is 6.04 Å². The lowest BCUT2D eigenvalue weighted by molar-refractivity contribution is -0.136. The second-order valence-electron chi connectivity index (χ2n) is 6.58. The predicted octanol–water partition coefficient (Wildman–Crippen LogP) is 3.14. The first-order chi connectivity index (χ1) is 14.6. The fourth-order valence-electron chi connectivity index (χ4n) is 2.98. The minimum atomic E-state index is -0.540. The third kappa shape index (κ3) is 4.53. The summed E-state index contributed by atoms with van der Waals surface area (Å²) in [5, 5.41) is 19.5. The zero-order valence-corrected chi connectivity index (χ0v) is 17.4. The van der Waals surface area contributed by atoms with Crippen molar-refractivity contribution >= 4 is 40.6 Å². The van der Waals surface area contributed by atoms with E-state index in [1.165, 1.54) is 11.8 Å². The number of benzene rings is 1. The average Bonchev–Trinajstić information content (AvgIpc) is 3.53. The first-order valence-electron chi connectivity index (χ1n) is 9.17. The lowest BCUT2D eigenvalue weighted by atomic mass is 10.2. The van der Waals surface area contributed by atoms with Crippen molar-refractivity contribution in [3.05, 3.63) is 52.5 Å². The van der Waals surface area contributed by atoms with E-state index < -0.39 is 6.04 Å². The number of nitrogens with zero attached hydrogens (tertiary/aromatic N) is 4. The Bertz CT molecular complexity index is 1070. The number of carbonyl (C=O) groups is 2. The van der Waals surface area contributed by atoms with E-state index in [4.69, 9.17) is 9.78 Å². The minimum Gasteiger partial charge on any atom is -0.339 e. The van der Waals surface area contributed by atoms with Crippen LogP contribution in [0.4, 0.5) is 5.69 Å². The number of hydrogen-bond acceptors (Lipinski definition) is 8. The summed E-state index contributed by atoms with van der Waals surface area (Å²) in [4.78, 5) is 31.3. The molecule has 4 rings (SSSR count). The number of anilines is 1. The molecule has 1 unspecified atom stereocenters. The Labute approximate surface area is 180 Å². The number of aryl methyl sites for hydroxylation is 1. The quantitative estimate of drug-likeness (QED) is 0.628. The largest absolute Gasteiger partial charge is 0.339 e. The van der Waals surface area contributed by atoms with E-state index in [0.717, 1.165) is 5.56 Å². The molecule has 1 atom stereocenters. The fourth-order valence-corrected chi connectivity index (χ4v) is 4.80. The van der Waals surface area contributed by atoms with Crippen molar-refractivity contribution in [3.63, 3.8) is 0 Å². The van der Waals surface area contributed by atoms with Gasteiger partial charge in [0, 0.05) is 35.2 Å². The molecule has 0 bridgehead atoms. The smallest absolute Gasteiger partial charge is 0.248 e. The van der Waals surface area contributed by atoms with Crippen LogP contribution < -0.4 is 5.32 Å². The number of aromatic nitrogens is 2. The minimum absolute atomic E-state index is 0.129. The highest BCUT2D eigenvalue weighted by Gasteiger charge is 2.34. The Kier molecular flexibility index (Phi) is 6.11. The highest BCUT2D eigenvalue weighted by Crippen LogP contribution is 2.24. The van der Waals surface area contributed by atoms with E-state index >= 15 is 0 Å². The van der Waals surface area contributed by atoms with Crippen LogP contribution in [-0.2, 0) is 16.0 Å². The van der Waals surface area contributed by atoms with Gasteiger partial charge in [0.2, 0.25) is 23.5 Å². The average molecular weight is 440 g/mol. The maximum absolute atomic E-state index is 12.7. The fraction of sp³-hybridized carbons (Fsp3) is 0.250. The third-order valence-corrected chi connectivity index (χ3v) is 6.28. The molecule has 30 heavy (non-hydrogen) atoms. The van der Waals surface area contributed by atoms with Crippen LogP contribution in [0.1, 0.15) is 17.9 Å². The van der Waals surface area contributed by atoms with Gasteiger partial charge >= 0.3 is 0 Å². The molecule has 8 nitrogen and oxygen atoms in total. The van der Waals surface area contributed by atoms with Gasteiger partial charge in [-0.2, -0.15) is 21.6 Å². The Morgan fingerprint density at radius 1 is 1.30 bits per heavy atom. The van der Waals surface area contributed by atoms with Crippen LogP contribution in [0, 0.1) is 11.3 Å². The molecule has 1 aliphatic heterocycles. The van der Waals surface area contributed by atoms with Crippen LogP contribution in [0.5, 0.6) is 0 Å². The van der Waals surface area contributed by atoms with E-state index in [2.05, 4.69) is 15.5 Å². The van der Waals surface area contributed by atoms with Crippen molar-refractivity contribution in [1.82, 2.24) is 15.0 Å². The van der Waals surface area contributed by atoms with E-state index in [9.17, 15) is 9.59 Å². The summed E-state index contributed by atoms with van der Waals surface area (Å²) in [6.45, 7) is 0. The first-order valence-corrected chi connectivity index (χ1v) is 11.3. The van der Waals surface area contributed by atoms with Crippen molar-refractivity contribution in [2.24, 2.45) is 0 Å². The zero-order valence-electron chi connectivity index (χ0n) is 15.8. The molecule has 2 aromatic heterocycles. The topological polar surface area (TPSA) is 112 Å². The van der Waals surface area contributed by atoms with Crippen molar-refractivity contribution in [2.75, 3.05) is 16.9 Å². The van der Waals surface area contributed by atoms with Crippen LogP contribution in [-0.4, -0.2) is 44.5 Å². The molecular weight excluding hydrogens is 422 g/mol. The summed E-state index contributed by atoms with van der Waals surface area (Å²) in [6.07, 6.45) is 0.508. The predicted molar refractivity (Wildman–Crippen MR) is 114 cm³/mol. The summed E-state index contributed by atoms with van der Waals surface area (Å²) < 4.78 is 5.24. The molecule has 3 aromatic rings. The molecule has 1 fully saturated rings. The molecule has 0 radical (unpaired) electrons. The normalized spacial score (nSPS) is 15.7. The molecule has 1 saturated heterocycles. The zero-order chi connectivity index (χ0) is 20.9. The van der Waals surface area contributed by atoms with Gasteiger partial charge in [-0.15, -0.1) is 11.8 Å². The van der Waals surface area contributed by atoms with E-state index in [-0.39, 0.29) is 18.2 Å². The van der Waals surface area contributed by atoms with Crippen LogP contribution in [0.3, 0.4) is 0 Å². The summed E-state index contributed by atoms with van der Waals surface area (Å²) in [7, 11) is 0. The molecule has 1 aliphatic rings. The van der Waals surface area contributed by atoms with Crippen LogP contribution in [0.2, 0.25) is 0 Å². The second kappa shape index (κ2) is 9.11. The number of rotatable bonds is 6. The van der Waals surface area contributed by atoms with Gasteiger partial charge in [-0.1, -0.05) is 5.16 Å². The Morgan fingerprint density at radius 2 is 2.13 bits per heavy atom. The highest BCUT2D eigenvalue weighted by atomic mass is 32.2. The number of nitriles is 1. The molecule has 3 heterocycles. The van der Waals surface area contributed by atoms with Gasteiger partial charge in [-0.05, 0) is 35.7 Å². The number of carbonyl (C=O) groups excluding carboxylic acids is 2. The number of hydrogen-bond donors (Lipinski definition) is 1. The van der Waals surface area contributed by atoms with Gasteiger partial charge in [0.05, 0.1) is 17.5 Å². The maximum Gasteiger partial charge on any atom is 0.248 e. The third-order valence-electron chi connectivity index (χ3n) is 4.59. The van der Waals surface area contributed by atoms with Gasteiger partial charge in [0.15, 0.2) is 0 Å². The van der Waals surface area contributed by atoms with E-state index in [1.807, 2.05) is 22.9 Å². The van der Waals surface area contributed by atoms with Crippen molar-refractivity contribution in [2.45, 2.75) is 18.9 Å². The van der Waals surface area contributed by atoms with Gasteiger partial charge in [-0.25, -0.2) is 0 Å². The maximum atomic E-state index is 12.7. The van der Waals surface area contributed by atoms with Gasteiger partial charge in [0.25, 0.3) is 0 Å². The second-order valence-corrected chi connectivity index (χ2v) is 8.36. The summed E-state index contributed by atoms with van der Waals surface area (Å²) in [5.41, 5.74) is 2.00. The lowest BCUT2D eigenvalue weighted by Gasteiger charge is -2.23.